The minimum atomic E-state index is -0.598. The summed E-state index contributed by atoms with van der Waals surface area (Å²) < 4.78 is 18.6. The maximum Gasteiger partial charge on any atom is 0.324 e. The van der Waals surface area contributed by atoms with Crippen molar-refractivity contribution in [3.63, 3.8) is 0 Å². The van der Waals surface area contributed by atoms with Gasteiger partial charge in [-0.1, -0.05) is 22.0 Å². The first-order valence-electron chi connectivity index (χ1n) is 5.02. The van der Waals surface area contributed by atoms with Crippen LogP contribution in [0.15, 0.2) is 22.7 Å². The van der Waals surface area contributed by atoms with Gasteiger partial charge in [0, 0.05) is 0 Å². The van der Waals surface area contributed by atoms with Crippen molar-refractivity contribution in [1.82, 2.24) is 0 Å². The van der Waals surface area contributed by atoms with Crippen molar-refractivity contribution in [2.45, 2.75) is 31.2 Å². The lowest BCUT2D eigenvalue weighted by Crippen LogP contribution is -2.26. The van der Waals surface area contributed by atoms with E-state index in [-0.39, 0.29) is 5.82 Å². The van der Waals surface area contributed by atoms with Crippen LogP contribution in [0.25, 0.3) is 0 Å². The van der Waals surface area contributed by atoms with E-state index in [9.17, 15) is 9.18 Å². The Morgan fingerprint density at radius 2 is 2.00 bits per heavy atom. The normalized spacial score (nSPS) is 13.3. The summed E-state index contributed by atoms with van der Waals surface area (Å²) in [6.45, 7) is 5.39. The molecule has 0 aliphatic carbocycles. The molecule has 1 rings (SSSR count). The molecule has 94 valence electrons. The van der Waals surface area contributed by atoms with Gasteiger partial charge in [-0.3, -0.25) is 4.79 Å². The zero-order valence-corrected chi connectivity index (χ0v) is 12.9. The third-order valence-corrected chi connectivity index (χ3v) is 3.36. The number of rotatable bonds is 2. The molecule has 0 saturated heterocycles. The first-order valence-corrected chi connectivity index (χ1v) is 6.73. The number of carbonyl (C=O) groups excluding carboxylic acids is 1. The molecule has 0 spiro atoms. The average molecular weight is 368 g/mol. The molecule has 1 atom stereocenters. The molecular weight excluding hydrogens is 355 g/mol. The predicted molar refractivity (Wildman–Crippen MR) is 71.6 cm³/mol. The summed E-state index contributed by atoms with van der Waals surface area (Å²) in [6.07, 6.45) is 0. The van der Waals surface area contributed by atoms with Gasteiger partial charge in [0.15, 0.2) is 0 Å². The molecule has 1 aromatic rings. The molecule has 0 fully saturated rings. The van der Waals surface area contributed by atoms with E-state index in [1.54, 1.807) is 32.9 Å². The Balaban J connectivity index is 2.85. The number of ether oxygens (including phenoxy) is 1. The third-order valence-electron chi connectivity index (χ3n) is 1.85. The molecule has 0 heterocycles. The van der Waals surface area contributed by atoms with Gasteiger partial charge in [0.2, 0.25) is 0 Å². The van der Waals surface area contributed by atoms with Crippen LogP contribution < -0.4 is 0 Å². The van der Waals surface area contributed by atoms with Gasteiger partial charge in [0.05, 0.1) is 4.47 Å². The summed E-state index contributed by atoms with van der Waals surface area (Å²) >= 11 is 6.32. The van der Waals surface area contributed by atoms with Gasteiger partial charge in [-0.05, 0) is 54.4 Å². The van der Waals surface area contributed by atoms with Crippen LogP contribution in [0.3, 0.4) is 0 Å². The first-order chi connectivity index (χ1) is 7.70. The third kappa shape index (κ3) is 4.39. The first kappa shape index (κ1) is 14.6. The summed E-state index contributed by atoms with van der Waals surface area (Å²) in [5, 5.41) is 0. The molecule has 0 saturated carbocycles. The lowest BCUT2D eigenvalue weighted by atomic mass is 10.1. The Morgan fingerprint density at radius 3 is 2.47 bits per heavy atom. The maximum atomic E-state index is 13.1. The monoisotopic (exact) mass is 366 g/mol. The van der Waals surface area contributed by atoms with E-state index in [2.05, 4.69) is 31.9 Å². The number of carbonyl (C=O) groups is 1. The average Bonchev–Trinajstić information content (AvgIpc) is 2.18. The van der Waals surface area contributed by atoms with E-state index in [4.69, 9.17) is 4.74 Å². The molecule has 1 aromatic carbocycles. The Bertz CT molecular complexity index is 427. The van der Waals surface area contributed by atoms with Crippen molar-refractivity contribution in [2.75, 3.05) is 0 Å². The van der Waals surface area contributed by atoms with Gasteiger partial charge < -0.3 is 4.74 Å². The minimum Gasteiger partial charge on any atom is -0.459 e. The Hall–Kier alpha value is -0.420. The van der Waals surface area contributed by atoms with E-state index in [1.165, 1.54) is 6.07 Å². The van der Waals surface area contributed by atoms with Crippen LogP contribution in [-0.4, -0.2) is 11.6 Å². The number of esters is 1. The van der Waals surface area contributed by atoms with Crippen LogP contribution in [0.2, 0.25) is 0 Å². The molecule has 17 heavy (non-hydrogen) atoms. The maximum absolute atomic E-state index is 13.1. The Kier molecular flexibility index (Phi) is 4.72. The SMILES string of the molecule is CC(C)(C)OC(=O)C(Br)c1ccc(F)c(Br)c1. The molecule has 0 aliphatic heterocycles. The van der Waals surface area contributed by atoms with Crippen molar-refractivity contribution in [2.24, 2.45) is 0 Å². The van der Waals surface area contributed by atoms with Gasteiger partial charge >= 0.3 is 5.97 Å². The fraction of sp³-hybridized carbons (Fsp3) is 0.417. The van der Waals surface area contributed by atoms with E-state index >= 15 is 0 Å². The second-order valence-electron chi connectivity index (χ2n) is 4.57. The highest BCUT2D eigenvalue weighted by Crippen LogP contribution is 2.29. The Labute approximate surface area is 117 Å². The molecule has 0 amide bonds. The summed E-state index contributed by atoms with van der Waals surface area (Å²) in [7, 11) is 0. The van der Waals surface area contributed by atoms with E-state index in [0.29, 0.717) is 10.0 Å². The molecule has 0 aliphatic rings. The minimum absolute atomic E-state index is 0.322. The highest BCUT2D eigenvalue weighted by Gasteiger charge is 2.24. The van der Waals surface area contributed by atoms with Crippen LogP contribution in [-0.2, 0) is 9.53 Å². The van der Waals surface area contributed by atoms with Crippen LogP contribution >= 0.6 is 31.9 Å². The van der Waals surface area contributed by atoms with Crippen molar-refractivity contribution < 1.29 is 13.9 Å². The summed E-state index contributed by atoms with van der Waals surface area (Å²) in [4.78, 5) is 11.2. The molecular formula is C12H13Br2FO2. The molecule has 5 heteroatoms. The van der Waals surface area contributed by atoms with E-state index in [1.807, 2.05) is 0 Å². The number of benzene rings is 1. The zero-order valence-electron chi connectivity index (χ0n) is 9.76. The second kappa shape index (κ2) is 5.48. The molecule has 2 nitrogen and oxygen atoms in total. The van der Waals surface area contributed by atoms with E-state index in [0.717, 1.165) is 0 Å². The molecule has 0 aromatic heterocycles. The predicted octanol–water partition coefficient (Wildman–Crippen LogP) is 4.37. The quantitative estimate of drug-likeness (QED) is 0.573. The van der Waals surface area contributed by atoms with Crippen LogP contribution in [0.5, 0.6) is 0 Å². The number of hydrogen-bond donors (Lipinski definition) is 0. The highest BCUT2D eigenvalue weighted by molar-refractivity contribution is 9.10. The standard InChI is InChI=1S/C12H13Br2FO2/c1-12(2,3)17-11(16)10(14)7-4-5-9(15)8(13)6-7/h4-6,10H,1-3H3. The van der Waals surface area contributed by atoms with Gasteiger partial charge in [0.25, 0.3) is 0 Å². The van der Waals surface area contributed by atoms with Crippen LogP contribution in [0.1, 0.15) is 31.2 Å². The summed E-state index contributed by atoms with van der Waals surface area (Å²) in [6, 6.07) is 4.40. The molecule has 1 unspecified atom stereocenters. The number of halogens is 3. The fourth-order valence-corrected chi connectivity index (χ4v) is 1.93. The lowest BCUT2D eigenvalue weighted by Gasteiger charge is -2.21. The Morgan fingerprint density at radius 1 is 1.41 bits per heavy atom. The van der Waals surface area contributed by atoms with E-state index < -0.39 is 16.4 Å². The fourth-order valence-electron chi connectivity index (χ4n) is 1.16. The molecule has 0 bridgehead atoms. The zero-order chi connectivity index (χ0) is 13.2. The van der Waals surface area contributed by atoms with Crippen molar-refractivity contribution in [3.8, 4) is 0 Å². The number of hydrogen-bond acceptors (Lipinski definition) is 2. The molecule has 0 N–H and O–H groups in total. The van der Waals surface area contributed by atoms with Crippen LogP contribution in [0.4, 0.5) is 4.39 Å². The van der Waals surface area contributed by atoms with Gasteiger partial charge in [-0.25, -0.2) is 4.39 Å². The smallest absolute Gasteiger partial charge is 0.324 e. The lowest BCUT2D eigenvalue weighted by molar-refractivity contribution is -0.154. The summed E-state index contributed by atoms with van der Waals surface area (Å²) in [5.74, 6) is -0.756. The van der Waals surface area contributed by atoms with Crippen LogP contribution in [0, 0.1) is 5.82 Å². The van der Waals surface area contributed by atoms with Crippen molar-refractivity contribution in [3.05, 3.63) is 34.1 Å². The number of alkyl halides is 1. The summed E-state index contributed by atoms with van der Waals surface area (Å²) in [5.41, 5.74) is 0.105. The topological polar surface area (TPSA) is 26.3 Å². The van der Waals surface area contributed by atoms with Gasteiger partial charge in [-0.2, -0.15) is 0 Å². The highest BCUT2D eigenvalue weighted by atomic mass is 79.9. The largest absolute Gasteiger partial charge is 0.459 e. The van der Waals surface area contributed by atoms with Gasteiger partial charge in [-0.15, -0.1) is 0 Å². The van der Waals surface area contributed by atoms with Gasteiger partial charge in [0.1, 0.15) is 16.2 Å². The molecule has 0 radical (unpaired) electrons. The second-order valence-corrected chi connectivity index (χ2v) is 6.34. The van der Waals surface area contributed by atoms with Crippen molar-refractivity contribution >= 4 is 37.8 Å². The van der Waals surface area contributed by atoms with Crippen molar-refractivity contribution in [1.29, 1.82) is 0 Å².